The molecule has 19 nitrogen and oxygen atoms in total. The summed E-state index contributed by atoms with van der Waals surface area (Å²) in [5.41, 5.74) is 3.80. The molecule has 0 spiro atoms. The number of piperidine rings is 3. The van der Waals surface area contributed by atoms with Crippen LogP contribution < -0.4 is 20.8 Å². The van der Waals surface area contributed by atoms with Gasteiger partial charge in [0.2, 0.25) is 11.8 Å². The fraction of sp³-hybridized carbons (Fsp3) is 0.574. The number of carbonyl (C=O) groups is 2. The van der Waals surface area contributed by atoms with Gasteiger partial charge in [-0.1, -0.05) is 11.3 Å². The van der Waals surface area contributed by atoms with E-state index in [2.05, 4.69) is 58.4 Å². The molecule has 5 aliphatic rings. The van der Waals surface area contributed by atoms with Gasteiger partial charge in [-0.15, -0.1) is 5.10 Å². The van der Waals surface area contributed by atoms with Gasteiger partial charge in [-0.2, -0.15) is 10.2 Å². The number of piperazine rings is 1. The summed E-state index contributed by atoms with van der Waals surface area (Å²) >= 11 is 0. The molecule has 21 heteroatoms. The smallest absolute Gasteiger partial charge is 0.329 e. The number of aromatic nitrogens is 10. The molecular weight excluding hydrogens is 877 g/mol. The minimum atomic E-state index is -2.79. The van der Waals surface area contributed by atoms with E-state index in [1.807, 2.05) is 24.4 Å². The summed E-state index contributed by atoms with van der Waals surface area (Å²) in [6.07, 6.45) is 11.5. The Hall–Kier alpha value is -6.06. The number of carbonyl (C=O) groups excluding carboxylic acids is 2. The molecule has 1 aromatic carbocycles. The Kier molecular flexibility index (Phi) is 11.8. The van der Waals surface area contributed by atoms with Crippen molar-refractivity contribution in [3.63, 3.8) is 0 Å². The second-order valence-electron chi connectivity index (χ2n) is 19.6. The van der Waals surface area contributed by atoms with Crippen molar-refractivity contribution in [2.45, 2.75) is 108 Å². The van der Waals surface area contributed by atoms with Gasteiger partial charge in [0.05, 0.1) is 53.0 Å². The van der Waals surface area contributed by atoms with Gasteiger partial charge < -0.3 is 14.9 Å². The van der Waals surface area contributed by atoms with Crippen LogP contribution in [-0.2, 0) is 16.6 Å². The van der Waals surface area contributed by atoms with Crippen molar-refractivity contribution in [3.05, 3.63) is 65.2 Å². The van der Waals surface area contributed by atoms with Crippen LogP contribution in [0.2, 0.25) is 0 Å². The Balaban J connectivity index is 0.687. The van der Waals surface area contributed by atoms with Crippen LogP contribution in [0.4, 0.5) is 20.3 Å². The molecule has 6 aromatic rings. The molecule has 1 unspecified atom stereocenters. The fourth-order valence-corrected chi connectivity index (χ4v) is 11.7. The van der Waals surface area contributed by atoms with E-state index < -0.39 is 24.5 Å². The maximum Gasteiger partial charge on any atom is 0.329 e. The fourth-order valence-electron chi connectivity index (χ4n) is 11.7. The number of aryl methyl sites for hydroxylation is 1. The van der Waals surface area contributed by atoms with Gasteiger partial charge in [0.15, 0.2) is 11.3 Å². The number of imide groups is 1. The number of aliphatic hydroxyl groups excluding tert-OH is 1. The summed E-state index contributed by atoms with van der Waals surface area (Å²) in [5, 5.41) is 30.1. The van der Waals surface area contributed by atoms with E-state index in [1.165, 1.54) is 4.68 Å². The highest BCUT2D eigenvalue weighted by Crippen LogP contribution is 2.37. The van der Waals surface area contributed by atoms with Crippen molar-refractivity contribution >= 4 is 40.0 Å². The minimum absolute atomic E-state index is 0.0123. The predicted molar refractivity (Wildman–Crippen MR) is 249 cm³/mol. The molecule has 5 aromatic heterocycles. The van der Waals surface area contributed by atoms with Crippen molar-refractivity contribution in [1.29, 1.82) is 0 Å². The third-order valence-electron chi connectivity index (χ3n) is 15.4. The van der Waals surface area contributed by atoms with Crippen LogP contribution in [0.25, 0.3) is 33.6 Å². The van der Waals surface area contributed by atoms with Gasteiger partial charge in [-0.3, -0.25) is 38.5 Å². The van der Waals surface area contributed by atoms with E-state index in [0.29, 0.717) is 53.4 Å². The number of nitrogens with zero attached hydrogens (tertiary/aromatic N) is 14. The zero-order chi connectivity index (χ0) is 46.8. The van der Waals surface area contributed by atoms with Gasteiger partial charge >= 0.3 is 5.69 Å². The number of aliphatic hydroxyl groups is 1. The van der Waals surface area contributed by atoms with E-state index in [0.717, 1.165) is 114 Å². The SMILES string of the molecule is C[C@H]1CN(C2CCN(c3cccc4c3n(C)c(=O)n4C3CCC(=O)NC3=O)CC2)CCN1CC1CCC(n2cc(-n3cc(-c4cnn5ccc(N6CCC[C@H](O)C6)nc45)nn3)c(C(F)F)n2)CC1. The number of para-hydroxylation sites is 1. The molecule has 0 bridgehead atoms. The van der Waals surface area contributed by atoms with Crippen molar-refractivity contribution < 1.29 is 23.5 Å². The quantitative estimate of drug-likeness (QED) is 0.187. The van der Waals surface area contributed by atoms with Gasteiger partial charge in [-0.05, 0) is 88.8 Å². The first-order valence-corrected chi connectivity index (χ1v) is 24.3. The van der Waals surface area contributed by atoms with Crippen LogP contribution in [0.3, 0.4) is 0 Å². The molecule has 11 rings (SSSR count). The highest BCUT2D eigenvalue weighted by Gasteiger charge is 2.36. The third kappa shape index (κ3) is 8.24. The van der Waals surface area contributed by atoms with Crippen molar-refractivity contribution in [2.24, 2.45) is 13.0 Å². The number of hydrogen-bond donors (Lipinski definition) is 2. The number of rotatable bonds is 10. The first kappa shape index (κ1) is 44.4. The second-order valence-corrected chi connectivity index (χ2v) is 19.6. The zero-order valence-corrected chi connectivity index (χ0v) is 38.6. The molecule has 360 valence electrons. The van der Waals surface area contributed by atoms with Crippen molar-refractivity contribution in [3.8, 4) is 16.9 Å². The normalized spacial score (nSPS) is 25.1. The highest BCUT2D eigenvalue weighted by atomic mass is 19.3. The van der Waals surface area contributed by atoms with Crippen LogP contribution in [-0.4, -0.2) is 146 Å². The van der Waals surface area contributed by atoms with Crippen LogP contribution in [0.15, 0.2) is 53.8 Å². The van der Waals surface area contributed by atoms with Gasteiger partial charge in [0.25, 0.3) is 6.43 Å². The number of imidazole rings is 1. The van der Waals surface area contributed by atoms with Gasteiger partial charge in [0.1, 0.15) is 23.2 Å². The molecule has 4 saturated heterocycles. The Morgan fingerprint density at radius 2 is 1.71 bits per heavy atom. The highest BCUT2D eigenvalue weighted by molar-refractivity contribution is 6.00. The predicted octanol–water partition coefficient (Wildman–Crippen LogP) is 4.11. The van der Waals surface area contributed by atoms with E-state index in [9.17, 15) is 28.3 Å². The Morgan fingerprint density at radius 1 is 0.882 bits per heavy atom. The van der Waals surface area contributed by atoms with Crippen molar-refractivity contribution in [2.75, 3.05) is 62.2 Å². The third-order valence-corrected chi connectivity index (χ3v) is 15.4. The van der Waals surface area contributed by atoms with Crippen molar-refractivity contribution in [1.82, 2.24) is 63.6 Å². The maximum atomic E-state index is 14.6. The lowest BCUT2D eigenvalue weighted by molar-refractivity contribution is -0.135. The monoisotopic (exact) mass is 935 g/mol. The van der Waals surface area contributed by atoms with Crippen LogP contribution in [0.5, 0.6) is 0 Å². The zero-order valence-electron chi connectivity index (χ0n) is 38.6. The number of amides is 2. The number of halogens is 2. The number of nitrogens with one attached hydrogen (secondary N) is 1. The lowest BCUT2D eigenvalue weighted by Gasteiger charge is -2.47. The standard InChI is InChI=1S/C47H59F2N15O4/c1-29-24-59(31-14-18-57(19-15-31)36-6-3-7-37-43(36)56(2)47(68)64(37)38-12-13-41(66)52-46(38)67)22-21-58(29)25-30-8-10-32(11-9-30)62-28-39(42(54-62)44(48)49)63-27-35(53-55-63)34-23-50-61-20-16-40(51-45(34)61)60-17-4-5-33(65)26-60/h3,6-7,16,20,23,27-33,38,44,65H,4-5,8-15,17-19,21-22,24-26H2,1-2H3,(H,52,66,67)/t29-,30?,32?,33-,38?/m0/s1. The molecule has 5 fully saturated rings. The average Bonchev–Trinajstić information content (AvgIpc) is 4.15. The number of benzene rings is 1. The van der Waals surface area contributed by atoms with E-state index >= 15 is 0 Å². The maximum absolute atomic E-state index is 14.6. The molecule has 68 heavy (non-hydrogen) atoms. The Morgan fingerprint density at radius 3 is 2.47 bits per heavy atom. The van der Waals surface area contributed by atoms with E-state index in [1.54, 1.807) is 44.0 Å². The van der Waals surface area contributed by atoms with Gasteiger partial charge in [0, 0.05) is 84.1 Å². The first-order valence-electron chi connectivity index (χ1n) is 24.3. The summed E-state index contributed by atoms with van der Waals surface area (Å²) in [7, 11) is 1.76. The lowest BCUT2D eigenvalue weighted by Crippen LogP contribution is -2.57. The molecule has 0 radical (unpaired) electrons. The molecule has 1 saturated carbocycles. The van der Waals surface area contributed by atoms with Crippen LogP contribution >= 0.6 is 0 Å². The number of hydrogen-bond acceptors (Lipinski definition) is 13. The molecular formula is C47H59F2N15O4. The number of β-amino-alcohol motifs (C(OH)–C–C–N with tert-alkyl or cyclic N) is 1. The Labute approximate surface area is 391 Å². The molecule has 9 heterocycles. The van der Waals surface area contributed by atoms with Crippen LogP contribution in [0.1, 0.15) is 95.3 Å². The molecule has 1 aliphatic carbocycles. The first-order chi connectivity index (χ1) is 33.0. The number of alkyl halides is 2. The summed E-state index contributed by atoms with van der Waals surface area (Å²) < 4.78 is 37.0. The number of fused-ring (bicyclic) bond motifs is 2. The summed E-state index contributed by atoms with van der Waals surface area (Å²) in [4.78, 5) is 52.7. The lowest BCUT2D eigenvalue weighted by atomic mass is 9.85. The molecule has 4 aliphatic heterocycles. The summed E-state index contributed by atoms with van der Waals surface area (Å²) in [6, 6.07) is 7.96. The van der Waals surface area contributed by atoms with Gasteiger partial charge in [-0.25, -0.2) is 27.8 Å². The number of anilines is 2. The Bertz CT molecular complexity index is 2890. The summed E-state index contributed by atoms with van der Waals surface area (Å²) in [6.45, 7) is 9.41. The molecule has 3 atom stereocenters. The summed E-state index contributed by atoms with van der Waals surface area (Å²) in [5.74, 6) is 0.521. The largest absolute Gasteiger partial charge is 0.391 e. The minimum Gasteiger partial charge on any atom is -0.391 e. The van der Waals surface area contributed by atoms with E-state index in [-0.39, 0.29) is 35.4 Å². The second kappa shape index (κ2) is 18.1. The molecule has 2 amide bonds. The average molecular weight is 936 g/mol. The topological polar surface area (TPSA) is 185 Å². The molecule has 2 N–H and O–H groups in total. The van der Waals surface area contributed by atoms with Crippen LogP contribution in [0, 0.1) is 5.92 Å². The van der Waals surface area contributed by atoms with E-state index in [4.69, 9.17) is 4.98 Å².